The topological polar surface area (TPSA) is 51.5 Å². The van der Waals surface area contributed by atoms with Crippen LogP contribution in [0.3, 0.4) is 0 Å². The summed E-state index contributed by atoms with van der Waals surface area (Å²) >= 11 is 0. The van der Waals surface area contributed by atoms with Crippen LogP contribution in [0.2, 0.25) is 0 Å². The molecular weight excluding hydrogens is 182 g/mol. The smallest absolute Gasteiger partial charge is 0.231 e. The first-order valence-electron chi connectivity index (χ1n) is 4.16. The second kappa shape index (κ2) is 3.56. The van der Waals surface area contributed by atoms with Gasteiger partial charge in [-0.1, -0.05) is 0 Å². The molecule has 0 aromatic heterocycles. The monoisotopic (exact) mass is 191 g/mol. The summed E-state index contributed by atoms with van der Waals surface area (Å²) in [6.45, 7) is 0.621. The van der Waals surface area contributed by atoms with Gasteiger partial charge in [0.25, 0.3) is 0 Å². The minimum absolute atomic E-state index is 0.219. The number of methoxy groups -OCH3 is 1. The lowest BCUT2D eigenvalue weighted by molar-refractivity contribution is 0.173. The maximum Gasteiger partial charge on any atom is 0.231 e. The van der Waals surface area contributed by atoms with E-state index in [4.69, 9.17) is 19.5 Å². The van der Waals surface area contributed by atoms with Crippen LogP contribution < -0.4 is 9.47 Å². The Morgan fingerprint density at radius 1 is 1.43 bits per heavy atom. The summed E-state index contributed by atoms with van der Waals surface area (Å²) in [4.78, 5) is 0. The van der Waals surface area contributed by atoms with Crippen LogP contribution in [0.15, 0.2) is 12.1 Å². The lowest BCUT2D eigenvalue weighted by Gasteiger charge is -2.04. The van der Waals surface area contributed by atoms with Gasteiger partial charge in [-0.05, 0) is 11.6 Å². The molecule has 0 bridgehead atoms. The predicted molar refractivity (Wildman–Crippen MR) is 48.0 cm³/mol. The van der Waals surface area contributed by atoms with Gasteiger partial charge in [-0.2, -0.15) is 5.26 Å². The van der Waals surface area contributed by atoms with Crippen molar-refractivity contribution in [2.45, 2.75) is 6.61 Å². The van der Waals surface area contributed by atoms with E-state index in [0.717, 1.165) is 5.56 Å². The van der Waals surface area contributed by atoms with Gasteiger partial charge in [0.05, 0.1) is 18.2 Å². The van der Waals surface area contributed by atoms with Crippen molar-refractivity contribution in [3.05, 3.63) is 23.3 Å². The average Bonchev–Trinajstić information content (AvgIpc) is 2.64. The lowest BCUT2D eigenvalue weighted by atomic mass is 10.1. The van der Waals surface area contributed by atoms with Crippen LogP contribution in [0, 0.1) is 11.3 Å². The molecule has 0 spiro atoms. The van der Waals surface area contributed by atoms with Crippen molar-refractivity contribution in [1.82, 2.24) is 0 Å². The third-order valence-corrected chi connectivity index (χ3v) is 2.02. The van der Waals surface area contributed by atoms with Crippen molar-refractivity contribution in [2.75, 3.05) is 13.9 Å². The first-order chi connectivity index (χ1) is 6.85. The number of ether oxygens (including phenoxy) is 3. The fourth-order valence-electron chi connectivity index (χ4n) is 1.36. The SMILES string of the molecule is COCc1cc2c(cc1C#N)OCO2. The Hall–Kier alpha value is -1.73. The van der Waals surface area contributed by atoms with E-state index in [9.17, 15) is 0 Å². The van der Waals surface area contributed by atoms with Crippen LogP contribution >= 0.6 is 0 Å². The maximum atomic E-state index is 8.87. The van der Waals surface area contributed by atoms with Crippen LogP contribution in [0.4, 0.5) is 0 Å². The molecule has 0 unspecified atom stereocenters. The number of nitriles is 1. The highest BCUT2D eigenvalue weighted by Gasteiger charge is 2.16. The molecule has 72 valence electrons. The third-order valence-electron chi connectivity index (χ3n) is 2.02. The van der Waals surface area contributed by atoms with E-state index in [-0.39, 0.29) is 6.79 Å². The predicted octanol–water partition coefficient (Wildman–Crippen LogP) is 1.43. The van der Waals surface area contributed by atoms with Crippen molar-refractivity contribution in [3.63, 3.8) is 0 Å². The largest absolute Gasteiger partial charge is 0.454 e. The van der Waals surface area contributed by atoms with Crippen LogP contribution in [0.5, 0.6) is 11.5 Å². The number of benzene rings is 1. The molecular formula is C10H9NO3. The van der Waals surface area contributed by atoms with E-state index in [2.05, 4.69) is 6.07 Å². The highest BCUT2D eigenvalue weighted by Crippen LogP contribution is 2.34. The van der Waals surface area contributed by atoms with Crippen molar-refractivity contribution >= 4 is 0 Å². The zero-order chi connectivity index (χ0) is 9.97. The summed E-state index contributed by atoms with van der Waals surface area (Å²) < 4.78 is 15.3. The Morgan fingerprint density at radius 3 is 2.79 bits per heavy atom. The molecule has 14 heavy (non-hydrogen) atoms. The Bertz CT molecular complexity index is 395. The van der Waals surface area contributed by atoms with Crippen LogP contribution in [-0.4, -0.2) is 13.9 Å². The van der Waals surface area contributed by atoms with Gasteiger partial charge in [0, 0.05) is 13.2 Å². The molecule has 0 radical (unpaired) electrons. The molecule has 1 aromatic carbocycles. The van der Waals surface area contributed by atoms with E-state index < -0.39 is 0 Å². The zero-order valence-electron chi connectivity index (χ0n) is 7.74. The van der Waals surface area contributed by atoms with Gasteiger partial charge < -0.3 is 14.2 Å². The molecule has 0 amide bonds. The fraction of sp³-hybridized carbons (Fsp3) is 0.300. The number of nitrogens with zero attached hydrogens (tertiary/aromatic N) is 1. The minimum Gasteiger partial charge on any atom is -0.454 e. The maximum absolute atomic E-state index is 8.87. The highest BCUT2D eigenvalue weighted by atomic mass is 16.7. The zero-order valence-corrected chi connectivity index (χ0v) is 7.74. The van der Waals surface area contributed by atoms with E-state index in [1.807, 2.05) is 0 Å². The van der Waals surface area contributed by atoms with Gasteiger partial charge in [-0.3, -0.25) is 0 Å². The lowest BCUT2D eigenvalue weighted by Crippen LogP contribution is -1.93. The minimum atomic E-state index is 0.219. The molecule has 0 saturated carbocycles. The Kier molecular flexibility index (Phi) is 2.25. The van der Waals surface area contributed by atoms with Crippen molar-refractivity contribution in [3.8, 4) is 17.6 Å². The Morgan fingerprint density at radius 2 is 2.14 bits per heavy atom. The quantitative estimate of drug-likeness (QED) is 0.709. The van der Waals surface area contributed by atoms with Crippen LogP contribution in [0.1, 0.15) is 11.1 Å². The summed E-state index contributed by atoms with van der Waals surface area (Å²) in [6.07, 6.45) is 0. The van der Waals surface area contributed by atoms with Crippen molar-refractivity contribution < 1.29 is 14.2 Å². The van der Waals surface area contributed by atoms with Crippen molar-refractivity contribution in [2.24, 2.45) is 0 Å². The molecule has 1 aliphatic rings. The summed E-state index contributed by atoms with van der Waals surface area (Å²) in [5, 5.41) is 8.87. The Labute approximate surface area is 81.6 Å². The number of fused-ring (bicyclic) bond motifs is 1. The molecule has 0 atom stereocenters. The molecule has 1 aromatic rings. The molecule has 0 aliphatic carbocycles. The molecule has 0 fully saturated rings. The third kappa shape index (κ3) is 1.38. The summed E-state index contributed by atoms with van der Waals surface area (Å²) in [6, 6.07) is 5.55. The molecule has 1 heterocycles. The molecule has 0 saturated heterocycles. The van der Waals surface area contributed by atoms with E-state index in [1.165, 1.54) is 0 Å². The van der Waals surface area contributed by atoms with E-state index in [1.54, 1.807) is 19.2 Å². The number of hydrogen-bond acceptors (Lipinski definition) is 4. The van der Waals surface area contributed by atoms with Gasteiger partial charge in [-0.15, -0.1) is 0 Å². The normalized spacial score (nSPS) is 12.6. The second-order valence-electron chi connectivity index (χ2n) is 2.91. The summed E-state index contributed by atoms with van der Waals surface area (Å²) in [7, 11) is 1.59. The summed E-state index contributed by atoms with van der Waals surface area (Å²) in [5.41, 5.74) is 1.38. The van der Waals surface area contributed by atoms with Gasteiger partial charge in [-0.25, -0.2) is 0 Å². The second-order valence-corrected chi connectivity index (χ2v) is 2.91. The van der Waals surface area contributed by atoms with Gasteiger partial charge >= 0.3 is 0 Å². The first-order valence-corrected chi connectivity index (χ1v) is 4.16. The Balaban J connectivity index is 2.45. The van der Waals surface area contributed by atoms with E-state index in [0.29, 0.717) is 23.7 Å². The standard InChI is InChI=1S/C10H9NO3/c1-12-5-8-3-10-9(13-6-14-10)2-7(8)4-11/h2-3H,5-6H2,1H3. The molecule has 2 rings (SSSR count). The molecule has 4 heteroatoms. The molecule has 1 aliphatic heterocycles. The van der Waals surface area contributed by atoms with Crippen LogP contribution in [-0.2, 0) is 11.3 Å². The first kappa shape index (κ1) is 8.85. The molecule has 0 N–H and O–H groups in total. The fourth-order valence-corrected chi connectivity index (χ4v) is 1.36. The average molecular weight is 191 g/mol. The van der Waals surface area contributed by atoms with Gasteiger partial charge in [0.2, 0.25) is 6.79 Å². The number of hydrogen-bond donors (Lipinski definition) is 0. The van der Waals surface area contributed by atoms with Gasteiger partial charge in [0.15, 0.2) is 11.5 Å². The molecule has 4 nitrogen and oxygen atoms in total. The highest BCUT2D eigenvalue weighted by molar-refractivity contribution is 5.52. The van der Waals surface area contributed by atoms with Crippen molar-refractivity contribution in [1.29, 1.82) is 5.26 Å². The van der Waals surface area contributed by atoms with Gasteiger partial charge in [0.1, 0.15) is 0 Å². The van der Waals surface area contributed by atoms with Crippen LogP contribution in [0.25, 0.3) is 0 Å². The number of rotatable bonds is 2. The summed E-state index contributed by atoms with van der Waals surface area (Å²) in [5.74, 6) is 1.30. The van der Waals surface area contributed by atoms with E-state index >= 15 is 0 Å².